The van der Waals surface area contributed by atoms with Gasteiger partial charge in [0.15, 0.2) is 11.5 Å². The van der Waals surface area contributed by atoms with Crippen molar-refractivity contribution in [2.24, 2.45) is 0 Å². The molecule has 2 aliphatic rings. The predicted octanol–water partition coefficient (Wildman–Crippen LogP) is 4.54. The van der Waals surface area contributed by atoms with Crippen molar-refractivity contribution in [2.45, 2.75) is 39.2 Å². The molecule has 0 radical (unpaired) electrons. The topological polar surface area (TPSA) is 102 Å². The summed E-state index contributed by atoms with van der Waals surface area (Å²) in [5.41, 5.74) is 2.07. The van der Waals surface area contributed by atoms with Crippen molar-refractivity contribution < 1.29 is 24.2 Å². The number of aliphatic hydroxyl groups excluding tert-OH is 1. The number of aromatic nitrogens is 2. The molecule has 1 fully saturated rings. The Morgan fingerprint density at radius 1 is 1.03 bits per heavy atom. The Morgan fingerprint density at radius 2 is 1.71 bits per heavy atom. The number of aryl methyl sites for hydroxylation is 1. The minimum atomic E-state index is -0.857. The molecule has 1 atom stereocenters. The molecular weight excluding hydrogens is 466 g/mol. The summed E-state index contributed by atoms with van der Waals surface area (Å²) in [5.74, 6) is -0.790. The molecule has 2 aliphatic heterocycles. The van der Waals surface area contributed by atoms with E-state index in [1.54, 1.807) is 25.1 Å². The standard InChI is InChI=1S/C26H25N3O5S/c1-14-27-28-25(35-14)29-21(15-5-8-17(9-6-15)26(2,3)4)20(23(31)24(29)32)22(30)16-7-10-18-19(13-16)34-12-11-33-18/h5-10,13,21,30H,11-12H2,1-4H3. The zero-order valence-electron chi connectivity index (χ0n) is 19.9. The van der Waals surface area contributed by atoms with E-state index in [4.69, 9.17) is 9.47 Å². The van der Waals surface area contributed by atoms with Crippen molar-refractivity contribution >= 4 is 33.9 Å². The van der Waals surface area contributed by atoms with Crippen LogP contribution in [-0.2, 0) is 15.0 Å². The molecule has 180 valence electrons. The van der Waals surface area contributed by atoms with Crippen LogP contribution in [0.2, 0.25) is 0 Å². The molecule has 35 heavy (non-hydrogen) atoms. The van der Waals surface area contributed by atoms with Crippen LogP contribution < -0.4 is 14.4 Å². The molecule has 5 rings (SSSR count). The number of anilines is 1. The third-order valence-corrected chi connectivity index (χ3v) is 6.91. The van der Waals surface area contributed by atoms with E-state index in [9.17, 15) is 14.7 Å². The molecule has 1 aromatic heterocycles. The molecule has 8 nitrogen and oxygen atoms in total. The van der Waals surface area contributed by atoms with E-state index >= 15 is 0 Å². The number of hydrogen-bond donors (Lipinski definition) is 1. The van der Waals surface area contributed by atoms with Gasteiger partial charge in [-0.1, -0.05) is 56.4 Å². The first kappa shape index (κ1) is 23.0. The minimum absolute atomic E-state index is 0.0111. The lowest BCUT2D eigenvalue weighted by molar-refractivity contribution is -0.132. The van der Waals surface area contributed by atoms with Crippen molar-refractivity contribution in [1.29, 1.82) is 0 Å². The molecule has 1 saturated heterocycles. The highest BCUT2D eigenvalue weighted by Gasteiger charge is 2.48. The normalized spacial score (nSPS) is 19.3. The second kappa shape index (κ2) is 8.49. The quantitative estimate of drug-likeness (QED) is 0.326. The summed E-state index contributed by atoms with van der Waals surface area (Å²) in [6.07, 6.45) is 0. The van der Waals surface area contributed by atoms with Gasteiger partial charge in [-0.3, -0.25) is 14.5 Å². The molecule has 1 N–H and O–H groups in total. The van der Waals surface area contributed by atoms with E-state index in [0.717, 1.165) is 5.56 Å². The van der Waals surface area contributed by atoms with Crippen LogP contribution in [0.3, 0.4) is 0 Å². The summed E-state index contributed by atoms with van der Waals surface area (Å²) in [5, 5.41) is 20.5. The number of carbonyl (C=O) groups excluding carboxylic acids is 2. The summed E-state index contributed by atoms with van der Waals surface area (Å²) >= 11 is 1.21. The summed E-state index contributed by atoms with van der Waals surface area (Å²) in [4.78, 5) is 27.9. The number of ether oxygens (including phenoxy) is 2. The first-order valence-corrected chi connectivity index (χ1v) is 12.1. The minimum Gasteiger partial charge on any atom is -0.507 e. The van der Waals surface area contributed by atoms with E-state index in [0.29, 0.717) is 46.0 Å². The molecule has 1 amide bonds. The van der Waals surface area contributed by atoms with Crippen LogP contribution >= 0.6 is 11.3 Å². The average Bonchev–Trinajstić information content (AvgIpc) is 3.38. The lowest BCUT2D eigenvalue weighted by Crippen LogP contribution is -2.29. The maximum Gasteiger partial charge on any atom is 0.301 e. The highest BCUT2D eigenvalue weighted by Crippen LogP contribution is 2.44. The lowest BCUT2D eigenvalue weighted by Gasteiger charge is -2.24. The summed E-state index contributed by atoms with van der Waals surface area (Å²) < 4.78 is 11.2. The Labute approximate surface area is 206 Å². The zero-order valence-corrected chi connectivity index (χ0v) is 20.7. The van der Waals surface area contributed by atoms with Gasteiger partial charge >= 0.3 is 5.91 Å². The number of fused-ring (bicyclic) bond motifs is 1. The smallest absolute Gasteiger partial charge is 0.301 e. The molecule has 1 unspecified atom stereocenters. The van der Waals surface area contributed by atoms with Gasteiger partial charge in [0.1, 0.15) is 24.0 Å². The molecule has 3 aromatic rings. The number of amides is 1. The van der Waals surface area contributed by atoms with Gasteiger partial charge in [0, 0.05) is 5.56 Å². The monoisotopic (exact) mass is 491 g/mol. The highest BCUT2D eigenvalue weighted by atomic mass is 32.1. The highest BCUT2D eigenvalue weighted by molar-refractivity contribution is 7.15. The number of carbonyl (C=O) groups is 2. The van der Waals surface area contributed by atoms with Gasteiger partial charge in [0.2, 0.25) is 5.13 Å². The Morgan fingerprint density at radius 3 is 2.34 bits per heavy atom. The zero-order chi connectivity index (χ0) is 24.9. The molecule has 0 aliphatic carbocycles. The molecule has 0 bridgehead atoms. The van der Waals surface area contributed by atoms with Crippen molar-refractivity contribution in [2.75, 3.05) is 18.1 Å². The number of rotatable bonds is 3. The van der Waals surface area contributed by atoms with Gasteiger partial charge in [-0.15, -0.1) is 10.2 Å². The summed E-state index contributed by atoms with van der Waals surface area (Å²) in [7, 11) is 0. The molecule has 3 heterocycles. The van der Waals surface area contributed by atoms with Crippen molar-refractivity contribution in [3.63, 3.8) is 0 Å². The Bertz CT molecular complexity index is 1350. The fourth-order valence-electron chi connectivity index (χ4n) is 4.24. The lowest BCUT2D eigenvalue weighted by atomic mass is 9.85. The van der Waals surface area contributed by atoms with Crippen LogP contribution in [0.15, 0.2) is 48.0 Å². The first-order valence-electron chi connectivity index (χ1n) is 11.3. The summed E-state index contributed by atoms with van der Waals surface area (Å²) in [6, 6.07) is 11.8. The number of aliphatic hydroxyl groups is 1. The molecule has 2 aromatic carbocycles. The SMILES string of the molecule is Cc1nnc(N2C(=O)C(=O)C(=C(O)c3ccc4c(c3)OCCO4)C2c2ccc(C(C)(C)C)cc2)s1. The Hall–Kier alpha value is -3.72. The molecular formula is C26H25N3O5S. The number of nitrogens with zero attached hydrogens (tertiary/aromatic N) is 3. The van der Waals surface area contributed by atoms with Crippen molar-refractivity contribution in [3.05, 3.63) is 69.7 Å². The van der Waals surface area contributed by atoms with Crippen LogP contribution in [0, 0.1) is 6.92 Å². The second-order valence-electron chi connectivity index (χ2n) is 9.50. The average molecular weight is 492 g/mol. The number of ketones is 1. The molecule has 9 heteroatoms. The third-order valence-electron chi connectivity index (χ3n) is 6.07. The van der Waals surface area contributed by atoms with Gasteiger partial charge in [-0.05, 0) is 41.7 Å². The van der Waals surface area contributed by atoms with Gasteiger partial charge < -0.3 is 14.6 Å². The van der Waals surface area contributed by atoms with E-state index in [-0.39, 0.29) is 16.7 Å². The second-order valence-corrected chi connectivity index (χ2v) is 10.7. The van der Waals surface area contributed by atoms with E-state index in [2.05, 4.69) is 31.0 Å². The Balaban J connectivity index is 1.67. The largest absolute Gasteiger partial charge is 0.507 e. The van der Waals surface area contributed by atoms with E-state index in [1.165, 1.54) is 16.2 Å². The maximum atomic E-state index is 13.3. The number of benzene rings is 2. The first-order chi connectivity index (χ1) is 16.6. The fraction of sp³-hybridized carbons (Fsp3) is 0.308. The van der Waals surface area contributed by atoms with Crippen molar-refractivity contribution in [1.82, 2.24) is 10.2 Å². The van der Waals surface area contributed by atoms with Crippen LogP contribution in [-0.4, -0.2) is 40.2 Å². The summed E-state index contributed by atoms with van der Waals surface area (Å²) in [6.45, 7) is 8.94. The maximum absolute atomic E-state index is 13.3. The van der Waals surface area contributed by atoms with Gasteiger partial charge in [-0.2, -0.15) is 0 Å². The van der Waals surface area contributed by atoms with Gasteiger partial charge in [0.25, 0.3) is 5.78 Å². The van der Waals surface area contributed by atoms with Gasteiger partial charge in [0.05, 0.1) is 11.6 Å². The van der Waals surface area contributed by atoms with Crippen LogP contribution in [0.4, 0.5) is 5.13 Å². The molecule has 0 saturated carbocycles. The molecule has 0 spiro atoms. The fourth-order valence-corrected chi connectivity index (χ4v) is 4.95. The number of hydrogen-bond acceptors (Lipinski definition) is 8. The van der Waals surface area contributed by atoms with E-state index < -0.39 is 17.7 Å². The predicted molar refractivity (Wildman–Crippen MR) is 132 cm³/mol. The third kappa shape index (κ3) is 4.05. The van der Waals surface area contributed by atoms with Crippen LogP contribution in [0.5, 0.6) is 11.5 Å². The van der Waals surface area contributed by atoms with Crippen LogP contribution in [0.1, 0.15) is 48.5 Å². The number of Topliss-reactive ketones (excluding diaryl/α,β-unsaturated/α-hetero) is 1. The van der Waals surface area contributed by atoms with E-state index in [1.807, 2.05) is 24.3 Å². The van der Waals surface area contributed by atoms with Crippen molar-refractivity contribution in [3.8, 4) is 11.5 Å². The van der Waals surface area contributed by atoms with Crippen LogP contribution in [0.25, 0.3) is 5.76 Å². The van der Waals surface area contributed by atoms with Gasteiger partial charge in [-0.25, -0.2) is 0 Å². The Kier molecular flexibility index (Phi) is 5.59.